The van der Waals surface area contributed by atoms with Crippen molar-refractivity contribution in [3.05, 3.63) is 59.2 Å². The molecule has 0 unspecified atom stereocenters. The van der Waals surface area contributed by atoms with E-state index in [1.165, 1.54) is 12.1 Å². The average Bonchev–Trinajstić information content (AvgIpc) is 2.45. The summed E-state index contributed by atoms with van der Waals surface area (Å²) in [6, 6.07) is 13.6. The number of aryl methyl sites for hydroxylation is 1. The Balaban J connectivity index is 2.11. The Kier molecular flexibility index (Phi) is 4.26. The molecule has 0 saturated heterocycles. The molecular formula is C15H14N2O3S. The second kappa shape index (κ2) is 5.95. The summed E-state index contributed by atoms with van der Waals surface area (Å²) >= 11 is 0. The third-order valence-electron chi connectivity index (χ3n) is 2.95. The predicted octanol–water partition coefficient (Wildman–Crippen LogP) is 2.09. The zero-order valence-electron chi connectivity index (χ0n) is 11.4. The van der Waals surface area contributed by atoms with Crippen molar-refractivity contribution in [1.29, 1.82) is 5.26 Å². The highest BCUT2D eigenvalue weighted by molar-refractivity contribution is 7.89. The molecule has 2 aromatic rings. The molecule has 0 fully saturated rings. The van der Waals surface area contributed by atoms with E-state index in [0.717, 1.165) is 5.56 Å². The molecule has 0 saturated carbocycles. The molecule has 0 amide bonds. The molecule has 5 nitrogen and oxygen atoms in total. The van der Waals surface area contributed by atoms with Gasteiger partial charge < -0.3 is 4.74 Å². The lowest BCUT2D eigenvalue weighted by molar-refractivity contribution is 0.304. The van der Waals surface area contributed by atoms with Crippen molar-refractivity contribution >= 4 is 10.0 Å². The number of nitriles is 1. The summed E-state index contributed by atoms with van der Waals surface area (Å²) in [5.74, 6) is 0.590. The van der Waals surface area contributed by atoms with Crippen LogP contribution in [-0.2, 0) is 16.6 Å². The Hall–Kier alpha value is -2.36. The van der Waals surface area contributed by atoms with Crippen LogP contribution in [0.5, 0.6) is 5.75 Å². The summed E-state index contributed by atoms with van der Waals surface area (Å²) in [7, 11) is -3.70. The smallest absolute Gasteiger partial charge is 0.238 e. The second-order valence-corrected chi connectivity index (χ2v) is 6.13. The van der Waals surface area contributed by atoms with Gasteiger partial charge in [-0.3, -0.25) is 0 Å². The molecule has 108 valence electrons. The number of primary sulfonamides is 1. The van der Waals surface area contributed by atoms with Crippen LogP contribution in [0.15, 0.2) is 47.4 Å². The topological polar surface area (TPSA) is 93.2 Å². The van der Waals surface area contributed by atoms with E-state index in [4.69, 9.17) is 15.1 Å². The molecule has 2 rings (SSSR count). The highest BCUT2D eigenvalue weighted by atomic mass is 32.2. The van der Waals surface area contributed by atoms with E-state index in [1.807, 2.05) is 18.2 Å². The molecule has 0 aliphatic rings. The summed E-state index contributed by atoms with van der Waals surface area (Å²) in [6.45, 7) is 2.09. The van der Waals surface area contributed by atoms with Crippen molar-refractivity contribution in [3.63, 3.8) is 0 Å². The van der Waals surface area contributed by atoms with Crippen LogP contribution in [-0.4, -0.2) is 8.42 Å². The van der Waals surface area contributed by atoms with E-state index < -0.39 is 10.0 Å². The molecule has 0 radical (unpaired) electrons. The fourth-order valence-corrected chi connectivity index (χ4v) is 2.40. The fraction of sp³-hybridized carbons (Fsp3) is 0.133. The Morgan fingerprint density at radius 2 is 1.86 bits per heavy atom. The van der Waals surface area contributed by atoms with Crippen LogP contribution in [0.25, 0.3) is 0 Å². The SMILES string of the molecule is Cc1cc(S(N)(=O)=O)ccc1OCc1ccc(C#N)cc1. The molecular weight excluding hydrogens is 288 g/mol. The van der Waals surface area contributed by atoms with Crippen LogP contribution >= 0.6 is 0 Å². The van der Waals surface area contributed by atoms with Crippen molar-refractivity contribution in [3.8, 4) is 11.8 Å². The van der Waals surface area contributed by atoms with Crippen molar-refractivity contribution in [2.24, 2.45) is 5.14 Å². The van der Waals surface area contributed by atoms with Gasteiger partial charge in [0.05, 0.1) is 16.5 Å². The summed E-state index contributed by atoms with van der Waals surface area (Å²) in [4.78, 5) is 0.0609. The first-order chi connectivity index (χ1) is 9.90. The van der Waals surface area contributed by atoms with Crippen molar-refractivity contribution in [1.82, 2.24) is 0 Å². The summed E-state index contributed by atoms with van der Waals surface area (Å²) in [6.07, 6.45) is 0. The Morgan fingerprint density at radius 3 is 2.38 bits per heavy atom. The number of benzene rings is 2. The number of hydrogen-bond donors (Lipinski definition) is 1. The highest BCUT2D eigenvalue weighted by Crippen LogP contribution is 2.22. The van der Waals surface area contributed by atoms with Crippen LogP contribution in [0.1, 0.15) is 16.7 Å². The molecule has 2 N–H and O–H groups in total. The minimum atomic E-state index is -3.70. The average molecular weight is 302 g/mol. The van der Waals surface area contributed by atoms with Gasteiger partial charge in [0.25, 0.3) is 0 Å². The largest absolute Gasteiger partial charge is 0.489 e. The van der Waals surface area contributed by atoms with Gasteiger partial charge in [0, 0.05) is 0 Å². The van der Waals surface area contributed by atoms with E-state index in [9.17, 15) is 8.42 Å². The van der Waals surface area contributed by atoms with Gasteiger partial charge in [-0.25, -0.2) is 13.6 Å². The van der Waals surface area contributed by atoms with Crippen LogP contribution in [0.2, 0.25) is 0 Å². The third-order valence-corrected chi connectivity index (χ3v) is 3.86. The van der Waals surface area contributed by atoms with Crippen LogP contribution in [0.4, 0.5) is 0 Å². The Morgan fingerprint density at radius 1 is 1.19 bits per heavy atom. The van der Waals surface area contributed by atoms with Crippen LogP contribution < -0.4 is 9.88 Å². The van der Waals surface area contributed by atoms with E-state index in [2.05, 4.69) is 0 Å². The molecule has 0 spiro atoms. The molecule has 0 aliphatic carbocycles. The lowest BCUT2D eigenvalue weighted by atomic mass is 10.1. The minimum absolute atomic E-state index is 0.0609. The number of hydrogen-bond acceptors (Lipinski definition) is 4. The van der Waals surface area contributed by atoms with Gasteiger partial charge in [-0.2, -0.15) is 5.26 Å². The van der Waals surface area contributed by atoms with Gasteiger partial charge >= 0.3 is 0 Å². The number of sulfonamides is 1. The van der Waals surface area contributed by atoms with E-state index in [-0.39, 0.29) is 4.90 Å². The number of nitrogens with two attached hydrogens (primary N) is 1. The van der Waals surface area contributed by atoms with Crippen molar-refractivity contribution in [2.75, 3.05) is 0 Å². The minimum Gasteiger partial charge on any atom is -0.489 e. The maximum atomic E-state index is 11.2. The maximum absolute atomic E-state index is 11.2. The Bertz CT molecular complexity index is 791. The summed E-state index contributed by atoms with van der Waals surface area (Å²) in [5.41, 5.74) is 2.20. The van der Waals surface area contributed by atoms with E-state index in [0.29, 0.717) is 23.5 Å². The van der Waals surface area contributed by atoms with Crippen LogP contribution in [0.3, 0.4) is 0 Å². The lowest BCUT2D eigenvalue weighted by Gasteiger charge is -2.10. The molecule has 21 heavy (non-hydrogen) atoms. The van der Waals surface area contributed by atoms with Crippen molar-refractivity contribution < 1.29 is 13.2 Å². The van der Waals surface area contributed by atoms with Gasteiger partial charge in [-0.05, 0) is 48.4 Å². The standard InChI is InChI=1S/C15H14N2O3S/c1-11-8-14(21(17,18)19)6-7-15(11)20-10-13-4-2-12(9-16)3-5-13/h2-8H,10H2,1H3,(H2,17,18,19). The fourth-order valence-electron chi connectivity index (χ4n) is 1.80. The number of ether oxygens (including phenoxy) is 1. The first-order valence-corrected chi connectivity index (χ1v) is 7.70. The maximum Gasteiger partial charge on any atom is 0.238 e. The second-order valence-electron chi connectivity index (χ2n) is 4.57. The van der Waals surface area contributed by atoms with Gasteiger partial charge in [0.1, 0.15) is 12.4 Å². The predicted molar refractivity (Wildman–Crippen MR) is 78.0 cm³/mol. The van der Waals surface area contributed by atoms with E-state index >= 15 is 0 Å². The molecule has 6 heteroatoms. The van der Waals surface area contributed by atoms with Gasteiger partial charge in [0.15, 0.2) is 0 Å². The monoisotopic (exact) mass is 302 g/mol. The van der Waals surface area contributed by atoms with Crippen molar-refractivity contribution in [2.45, 2.75) is 18.4 Å². The zero-order valence-corrected chi connectivity index (χ0v) is 12.2. The molecule has 0 heterocycles. The molecule has 2 aromatic carbocycles. The zero-order chi connectivity index (χ0) is 15.5. The summed E-state index contributed by atoms with van der Waals surface area (Å²) < 4.78 is 28.1. The highest BCUT2D eigenvalue weighted by Gasteiger charge is 2.10. The molecule has 0 aliphatic heterocycles. The Labute approximate surface area is 123 Å². The first kappa shape index (κ1) is 15.0. The quantitative estimate of drug-likeness (QED) is 0.935. The number of rotatable bonds is 4. The van der Waals surface area contributed by atoms with Crippen LogP contribution in [0, 0.1) is 18.3 Å². The third kappa shape index (κ3) is 3.81. The normalized spacial score (nSPS) is 10.9. The molecule has 0 aromatic heterocycles. The molecule has 0 atom stereocenters. The first-order valence-electron chi connectivity index (χ1n) is 6.15. The van der Waals surface area contributed by atoms with Gasteiger partial charge in [-0.1, -0.05) is 12.1 Å². The lowest BCUT2D eigenvalue weighted by Crippen LogP contribution is -2.12. The van der Waals surface area contributed by atoms with Gasteiger partial charge in [0.2, 0.25) is 10.0 Å². The summed E-state index contributed by atoms with van der Waals surface area (Å²) in [5, 5.41) is 13.8. The molecule has 0 bridgehead atoms. The number of nitrogens with zero attached hydrogens (tertiary/aromatic N) is 1. The van der Waals surface area contributed by atoms with Gasteiger partial charge in [-0.15, -0.1) is 0 Å². The van der Waals surface area contributed by atoms with E-state index in [1.54, 1.807) is 25.1 Å².